The van der Waals surface area contributed by atoms with E-state index < -0.39 is 0 Å². The van der Waals surface area contributed by atoms with Crippen molar-refractivity contribution in [3.05, 3.63) is 79.1 Å². The lowest BCUT2D eigenvalue weighted by atomic mass is 9.94. The van der Waals surface area contributed by atoms with Gasteiger partial charge in [-0.1, -0.05) is 12.1 Å². The highest BCUT2D eigenvalue weighted by Crippen LogP contribution is 2.34. The smallest absolute Gasteiger partial charge is 0.224 e. The van der Waals surface area contributed by atoms with Gasteiger partial charge in [0.25, 0.3) is 0 Å². The van der Waals surface area contributed by atoms with Crippen LogP contribution >= 0.6 is 0 Å². The highest BCUT2D eigenvalue weighted by Gasteiger charge is 2.18. The summed E-state index contributed by atoms with van der Waals surface area (Å²) in [6.07, 6.45) is 9.36. The summed E-state index contributed by atoms with van der Waals surface area (Å²) in [7, 11) is 0. The molecule has 1 amide bonds. The quantitative estimate of drug-likeness (QED) is 0.213. The number of fused-ring (bicyclic) bond motifs is 2. The van der Waals surface area contributed by atoms with Crippen LogP contribution < -0.4 is 10.6 Å². The summed E-state index contributed by atoms with van der Waals surface area (Å²) in [6.45, 7) is 1.92. The number of hydrogen-bond donors (Lipinski definition) is 4. The molecule has 10 heteroatoms. The number of benzene rings is 1. The van der Waals surface area contributed by atoms with E-state index in [9.17, 15) is 9.18 Å². The maximum absolute atomic E-state index is 14.6. The fraction of sp³-hybridized carbons (Fsp3) is 0.194. The normalized spacial score (nSPS) is 14.1. The minimum absolute atomic E-state index is 0.00426. The monoisotopic (exact) mass is 546 g/mol. The summed E-state index contributed by atoms with van der Waals surface area (Å²) in [5.41, 5.74) is 6.26. The Morgan fingerprint density at radius 3 is 2.71 bits per heavy atom. The van der Waals surface area contributed by atoms with E-state index in [1.54, 1.807) is 43.0 Å². The van der Waals surface area contributed by atoms with Gasteiger partial charge in [-0.3, -0.25) is 19.9 Å². The molecule has 0 saturated carbocycles. The van der Waals surface area contributed by atoms with E-state index in [1.807, 2.05) is 24.3 Å². The molecule has 1 fully saturated rings. The number of pyridine rings is 3. The van der Waals surface area contributed by atoms with Gasteiger partial charge >= 0.3 is 0 Å². The molecule has 1 saturated heterocycles. The van der Waals surface area contributed by atoms with Gasteiger partial charge < -0.3 is 15.6 Å². The molecule has 7 rings (SSSR count). The lowest BCUT2D eigenvalue weighted by Crippen LogP contribution is -2.30. The first-order valence-corrected chi connectivity index (χ1v) is 13.7. The summed E-state index contributed by atoms with van der Waals surface area (Å²) < 4.78 is 14.6. The minimum atomic E-state index is -0.325. The standard InChI is InChI=1S/C31H27FN8O/c32-25-4-2-1-3-22(25)29-23-14-27(38-26(23)7-10-35-29)30-24-13-20(16-36-31(24)40-39-30)19-12-21(17-34-15-19)37-28(41)11-18-5-8-33-9-6-18/h1-4,7,10,12-18,33,38H,5-6,8-9,11H2,(H,37,41)(H,36,39,40). The van der Waals surface area contributed by atoms with Crippen LogP contribution in [0.3, 0.4) is 0 Å². The third-order valence-corrected chi connectivity index (χ3v) is 7.64. The van der Waals surface area contributed by atoms with Crippen LogP contribution in [0.15, 0.2) is 73.3 Å². The number of rotatable bonds is 6. The fourth-order valence-electron chi connectivity index (χ4n) is 5.55. The Labute approximate surface area is 234 Å². The maximum Gasteiger partial charge on any atom is 0.224 e. The first kappa shape index (κ1) is 25.0. The number of piperidine rings is 1. The van der Waals surface area contributed by atoms with Crippen LogP contribution in [0.1, 0.15) is 19.3 Å². The number of carbonyl (C=O) groups is 1. The Morgan fingerprint density at radius 1 is 0.976 bits per heavy atom. The molecule has 204 valence electrons. The molecular formula is C31H27FN8O. The van der Waals surface area contributed by atoms with Crippen molar-refractivity contribution in [1.82, 2.24) is 35.5 Å². The number of amides is 1. The van der Waals surface area contributed by atoms with Crippen LogP contribution in [-0.2, 0) is 4.79 Å². The average molecular weight is 547 g/mol. The van der Waals surface area contributed by atoms with Crippen molar-refractivity contribution in [3.8, 4) is 33.8 Å². The first-order chi connectivity index (χ1) is 20.1. The van der Waals surface area contributed by atoms with Crippen molar-refractivity contribution >= 4 is 33.5 Å². The second kappa shape index (κ2) is 10.5. The molecule has 0 atom stereocenters. The van der Waals surface area contributed by atoms with Gasteiger partial charge in [-0.15, -0.1) is 0 Å². The average Bonchev–Trinajstić information content (AvgIpc) is 3.62. The number of aromatic amines is 2. The molecule has 0 radical (unpaired) electrons. The van der Waals surface area contributed by atoms with Crippen molar-refractivity contribution in [1.29, 1.82) is 0 Å². The predicted molar refractivity (Wildman–Crippen MR) is 156 cm³/mol. The number of nitrogens with zero attached hydrogens (tertiary/aromatic N) is 4. The number of hydrogen-bond acceptors (Lipinski definition) is 6. The van der Waals surface area contributed by atoms with Gasteiger partial charge in [-0.05, 0) is 68.2 Å². The highest BCUT2D eigenvalue weighted by atomic mass is 19.1. The van der Waals surface area contributed by atoms with Crippen LogP contribution in [0.25, 0.3) is 55.7 Å². The fourth-order valence-corrected chi connectivity index (χ4v) is 5.55. The van der Waals surface area contributed by atoms with Crippen molar-refractivity contribution < 1.29 is 9.18 Å². The van der Waals surface area contributed by atoms with Gasteiger partial charge in [0.05, 0.1) is 29.0 Å². The van der Waals surface area contributed by atoms with Gasteiger partial charge in [0.15, 0.2) is 5.65 Å². The van der Waals surface area contributed by atoms with E-state index in [0.717, 1.165) is 64.7 Å². The molecule has 6 aromatic rings. The van der Waals surface area contributed by atoms with Crippen LogP contribution in [-0.4, -0.2) is 49.1 Å². The molecule has 1 aliphatic rings. The van der Waals surface area contributed by atoms with Gasteiger partial charge in [-0.2, -0.15) is 5.10 Å². The van der Waals surface area contributed by atoms with Crippen molar-refractivity contribution in [3.63, 3.8) is 0 Å². The molecule has 41 heavy (non-hydrogen) atoms. The molecule has 1 aliphatic heterocycles. The van der Waals surface area contributed by atoms with E-state index in [1.165, 1.54) is 6.07 Å². The van der Waals surface area contributed by atoms with Gasteiger partial charge in [0.2, 0.25) is 5.91 Å². The van der Waals surface area contributed by atoms with E-state index in [4.69, 9.17) is 0 Å². The Kier molecular flexibility index (Phi) is 6.44. The molecule has 1 aromatic carbocycles. The zero-order valence-electron chi connectivity index (χ0n) is 22.1. The van der Waals surface area contributed by atoms with E-state index in [0.29, 0.717) is 34.9 Å². The first-order valence-electron chi connectivity index (χ1n) is 13.7. The van der Waals surface area contributed by atoms with Gasteiger partial charge in [-0.25, -0.2) is 9.37 Å². The third-order valence-electron chi connectivity index (χ3n) is 7.64. The highest BCUT2D eigenvalue weighted by molar-refractivity contribution is 6.00. The van der Waals surface area contributed by atoms with Crippen molar-refractivity contribution in [2.45, 2.75) is 19.3 Å². The number of carbonyl (C=O) groups excluding carboxylic acids is 1. The number of anilines is 1. The summed E-state index contributed by atoms with van der Waals surface area (Å²) in [6, 6.07) is 14.3. The van der Waals surface area contributed by atoms with Gasteiger partial charge in [0.1, 0.15) is 5.82 Å². The maximum atomic E-state index is 14.6. The second-order valence-corrected chi connectivity index (χ2v) is 10.4. The second-order valence-electron chi connectivity index (χ2n) is 10.4. The SMILES string of the molecule is O=C(CC1CCNCC1)Nc1cncc(-c2cnc3n[nH]c(-c4cc5c(-c6ccccc6F)nccc5[nH]4)c3c2)c1. The Morgan fingerprint density at radius 2 is 1.83 bits per heavy atom. The van der Waals surface area contributed by atoms with Crippen molar-refractivity contribution in [2.24, 2.45) is 5.92 Å². The molecule has 0 spiro atoms. The molecule has 9 nitrogen and oxygen atoms in total. The summed E-state index contributed by atoms with van der Waals surface area (Å²) >= 11 is 0. The van der Waals surface area contributed by atoms with E-state index in [2.05, 4.69) is 40.8 Å². The molecule has 0 bridgehead atoms. The molecule has 4 N–H and O–H groups in total. The molecular weight excluding hydrogens is 519 g/mol. The van der Waals surface area contributed by atoms with E-state index in [-0.39, 0.29) is 11.7 Å². The third kappa shape index (κ3) is 4.93. The lowest BCUT2D eigenvalue weighted by Gasteiger charge is -2.21. The zero-order valence-corrected chi connectivity index (χ0v) is 22.1. The predicted octanol–water partition coefficient (Wildman–Crippen LogP) is 5.70. The van der Waals surface area contributed by atoms with Crippen LogP contribution in [0, 0.1) is 11.7 Å². The van der Waals surface area contributed by atoms with Crippen LogP contribution in [0.5, 0.6) is 0 Å². The molecule has 0 aliphatic carbocycles. The number of H-pyrrole nitrogens is 2. The summed E-state index contributed by atoms with van der Waals surface area (Å²) in [4.78, 5) is 29.5. The van der Waals surface area contributed by atoms with Crippen LogP contribution in [0.4, 0.5) is 10.1 Å². The summed E-state index contributed by atoms with van der Waals surface area (Å²) in [5, 5.41) is 15.5. The largest absolute Gasteiger partial charge is 0.353 e. The Balaban J connectivity index is 1.20. The minimum Gasteiger partial charge on any atom is -0.353 e. The topological polar surface area (TPSA) is 124 Å². The molecule has 5 aromatic heterocycles. The number of nitrogens with one attached hydrogen (secondary N) is 4. The van der Waals surface area contributed by atoms with E-state index >= 15 is 0 Å². The van der Waals surface area contributed by atoms with Crippen LogP contribution in [0.2, 0.25) is 0 Å². The Bertz CT molecular complexity index is 1890. The molecule has 0 unspecified atom stereocenters. The number of aromatic nitrogens is 6. The van der Waals surface area contributed by atoms with Crippen molar-refractivity contribution in [2.75, 3.05) is 18.4 Å². The zero-order chi connectivity index (χ0) is 27.8. The number of halogens is 1. The molecule has 6 heterocycles. The van der Waals surface area contributed by atoms with Gasteiger partial charge in [0, 0.05) is 58.0 Å². The summed E-state index contributed by atoms with van der Waals surface area (Å²) in [5.74, 6) is 0.0840. The lowest BCUT2D eigenvalue weighted by molar-refractivity contribution is -0.117. The Hall–Kier alpha value is -4.96.